The molecule has 15 heavy (non-hydrogen) atoms. The summed E-state index contributed by atoms with van der Waals surface area (Å²) in [7, 11) is 0. The molecule has 6 heteroatoms. The first kappa shape index (κ1) is 11.1. The third-order valence-corrected chi connectivity index (χ3v) is 1.73. The summed E-state index contributed by atoms with van der Waals surface area (Å²) in [6.45, 7) is 1.47. The first-order valence-electron chi connectivity index (χ1n) is 4.05. The minimum absolute atomic E-state index is 0.237. The van der Waals surface area contributed by atoms with Crippen molar-refractivity contribution < 1.29 is 13.6 Å². The van der Waals surface area contributed by atoms with Crippen LogP contribution < -0.4 is 11.2 Å². The van der Waals surface area contributed by atoms with Gasteiger partial charge in [-0.15, -0.1) is 0 Å². The molecule has 0 aromatic heterocycles. The van der Waals surface area contributed by atoms with Gasteiger partial charge in [0.05, 0.1) is 6.21 Å². The first-order valence-corrected chi connectivity index (χ1v) is 4.05. The summed E-state index contributed by atoms with van der Waals surface area (Å²) in [5.74, 6) is -1.38. The molecule has 0 bridgehead atoms. The van der Waals surface area contributed by atoms with Gasteiger partial charge in [-0.25, -0.2) is 19.0 Å². The minimum Gasteiger partial charge on any atom is -0.350 e. The van der Waals surface area contributed by atoms with Crippen LogP contribution in [0.4, 0.5) is 13.6 Å². The van der Waals surface area contributed by atoms with E-state index in [1.54, 1.807) is 0 Å². The van der Waals surface area contributed by atoms with E-state index in [9.17, 15) is 13.6 Å². The Kier molecular flexibility index (Phi) is 3.33. The molecule has 3 N–H and O–H groups in total. The Labute approximate surface area is 84.8 Å². The molecule has 0 atom stereocenters. The van der Waals surface area contributed by atoms with Gasteiger partial charge in [-0.1, -0.05) is 0 Å². The largest absolute Gasteiger partial charge is 0.350 e. The van der Waals surface area contributed by atoms with E-state index in [1.807, 2.05) is 5.43 Å². The Bertz CT molecular complexity index is 418. The molecule has 1 aromatic carbocycles. The van der Waals surface area contributed by atoms with E-state index < -0.39 is 17.7 Å². The van der Waals surface area contributed by atoms with Crippen molar-refractivity contribution in [2.45, 2.75) is 6.92 Å². The van der Waals surface area contributed by atoms with Gasteiger partial charge in [0.15, 0.2) is 0 Å². The summed E-state index contributed by atoms with van der Waals surface area (Å²) in [5, 5.41) is 3.40. The summed E-state index contributed by atoms with van der Waals surface area (Å²) in [5.41, 5.74) is 7.15. The Morgan fingerprint density at radius 3 is 2.80 bits per heavy atom. The van der Waals surface area contributed by atoms with Gasteiger partial charge >= 0.3 is 6.03 Å². The lowest BCUT2D eigenvalue weighted by molar-refractivity contribution is 0.249. The molecule has 2 amide bonds. The molecule has 0 aliphatic rings. The maximum absolute atomic E-state index is 13.0. The van der Waals surface area contributed by atoms with Crippen LogP contribution in [0, 0.1) is 18.6 Å². The highest BCUT2D eigenvalue weighted by Crippen LogP contribution is 2.12. The number of nitrogens with one attached hydrogen (secondary N) is 1. The van der Waals surface area contributed by atoms with Crippen LogP contribution in [0.2, 0.25) is 0 Å². The lowest BCUT2D eigenvalue weighted by Gasteiger charge is -2.01. The molecule has 80 valence electrons. The number of carbonyl (C=O) groups is 1. The van der Waals surface area contributed by atoms with Gasteiger partial charge in [0.1, 0.15) is 11.6 Å². The smallest absolute Gasteiger partial charge is 0.332 e. The Morgan fingerprint density at radius 1 is 1.53 bits per heavy atom. The summed E-state index contributed by atoms with van der Waals surface area (Å²) in [4.78, 5) is 10.3. The number of rotatable bonds is 2. The summed E-state index contributed by atoms with van der Waals surface area (Å²) < 4.78 is 25.8. The molecule has 0 saturated heterocycles. The fourth-order valence-electron chi connectivity index (χ4n) is 0.965. The highest BCUT2D eigenvalue weighted by Gasteiger charge is 2.05. The number of nitrogens with two attached hydrogens (primary N) is 1. The Balaban J connectivity index is 2.94. The SMILES string of the molecule is Cc1c(F)cc(F)cc1C=NNC(N)=O. The molecular weight excluding hydrogens is 204 g/mol. The van der Waals surface area contributed by atoms with Crippen molar-refractivity contribution in [3.05, 3.63) is 34.9 Å². The van der Waals surface area contributed by atoms with Crippen molar-refractivity contribution in [1.82, 2.24) is 5.43 Å². The first-order chi connectivity index (χ1) is 7.00. The zero-order valence-electron chi connectivity index (χ0n) is 7.92. The fourth-order valence-corrected chi connectivity index (χ4v) is 0.965. The van der Waals surface area contributed by atoms with Gasteiger partial charge in [0, 0.05) is 11.6 Å². The highest BCUT2D eigenvalue weighted by atomic mass is 19.1. The second-order valence-corrected chi connectivity index (χ2v) is 2.84. The molecule has 1 aromatic rings. The van der Waals surface area contributed by atoms with Crippen LogP contribution in [0.25, 0.3) is 0 Å². The van der Waals surface area contributed by atoms with Gasteiger partial charge in [-0.05, 0) is 18.6 Å². The number of primary amides is 1. The zero-order chi connectivity index (χ0) is 11.4. The standard InChI is InChI=1S/C9H9F2N3O/c1-5-6(4-13-14-9(12)15)2-7(10)3-8(5)11/h2-4H,1H3,(H3,12,14,15). The molecule has 0 unspecified atom stereocenters. The summed E-state index contributed by atoms with van der Waals surface area (Å²) >= 11 is 0. The van der Waals surface area contributed by atoms with Crippen LogP contribution in [0.3, 0.4) is 0 Å². The molecule has 0 heterocycles. The van der Waals surface area contributed by atoms with Crippen molar-refractivity contribution in [3.8, 4) is 0 Å². The minimum atomic E-state index is -0.847. The summed E-state index contributed by atoms with van der Waals surface area (Å²) in [6.07, 6.45) is 1.12. The number of benzene rings is 1. The van der Waals surface area contributed by atoms with Crippen molar-refractivity contribution in [2.24, 2.45) is 10.8 Å². The van der Waals surface area contributed by atoms with E-state index in [4.69, 9.17) is 5.73 Å². The Morgan fingerprint density at radius 2 is 2.20 bits per heavy atom. The van der Waals surface area contributed by atoms with E-state index in [1.165, 1.54) is 6.92 Å². The Hall–Kier alpha value is -1.98. The molecule has 0 fully saturated rings. The molecule has 0 spiro atoms. The topological polar surface area (TPSA) is 67.5 Å². The van der Waals surface area contributed by atoms with Gasteiger partial charge in [0.25, 0.3) is 0 Å². The second kappa shape index (κ2) is 4.50. The molecule has 4 nitrogen and oxygen atoms in total. The van der Waals surface area contributed by atoms with Crippen LogP contribution in [-0.4, -0.2) is 12.2 Å². The number of amides is 2. The number of hydrazone groups is 1. The molecule has 0 saturated carbocycles. The van der Waals surface area contributed by atoms with E-state index in [0.29, 0.717) is 0 Å². The fraction of sp³-hybridized carbons (Fsp3) is 0.111. The zero-order valence-corrected chi connectivity index (χ0v) is 7.92. The van der Waals surface area contributed by atoms with Gasteiger partial charge < -0.3 is 5.73 Å². The van der Waals surface area contributed by atoms with Crippen molar-refractivity contribution in [1.29, 1.82) is 0 Å². The van der Waals surface area contributed by atoms with E-state index >= 15 is 0 Å². The van der Waals surface area contributed by atoms with Crippen LogP contribution in [0.15, 0.2) is 17.2 Å². The second-order valence-electron chi connectivity index (χ2n) is 2.84. The number of carbonyl (C=O) groups excluding carboxylic acids is 1. The number of hydrogen-bond acceptors (Lipinski definition) is 2. The van der Waals surface area contributed by atoms with Crippen molar-refractivity contribution >= 4 is 12.2 Å². The van der Waals surface area contributed by atoms with Gasteiger partial charge in [-0.2, -0.15) is 5.10 Å². The number of halogens is 2. The van der Waals surface area contributed by atoms with Gasteiger partial charge in [-0.3, -0.25) is 0 Å². The van der Waals surface area contributed by atoms with E-state index in [0.717, 1.165) is 18.3 Å². The normalized spacial score (nSPS) is 10.6. The monoisotopic (exact) mass is 213 g/mol. The van der Waals surface area contributed by atoms with Crippen LogP contribution in [0.1, 0.15) is 11.1 Å². The number of nitrogens with zero attached hydrogens (tertiary/aromatic N) is 1. The van der Waals surface area contributed by atoms with Gasteiger partial charge in [0.2, 0.25) is 0 Å². The van der Waals surface area contributed by atoms with Crippen molar-refractivity contribution in [3.63, 3.8) is 0 Å². The highest BCUT2D eigenvalue weighted by molar-refractivity contribution is 5.83. The predicted octanol–water partition coefficient (Wildman–Crippen LogP) is 1.28. The van der Waals surface area contributed by atoms with E-state index in [2.05, 4.69) is 5.10 Å². The maximum atomic E-state index is 13.0. The third kappa shape index (κ3) is 3.01. The average molecular weight is 213 g/mol. The third-order valence-electron chi connectivity index (χ3n) is 1.73. The molecule has 0 aliphatic heterocycles. The van der Waals surface area contributed by atoms with Crippen LogP contribution in [0.5, 0.6) is 0 Å². The predicted molar refractivity (Wildman–Crippen MR) is 51.4 cm³/mol. The molecule has 0 aliphatic carbocycles. The number of urea groups is 1. The maximum Gasteiger partial charge on any atom is 0.332 e. The summed E-state index contributed by atoms with van der Waals surface area (Å²) in [6, 6.07) is 1.03. The van der Waals surface area contributed by atoms with E-state index in [-0.39, 0.29) is 11.1 Å². The lowest BCUT2D eigenvalue weighted by Crippen LogP contribution is -2.24. The molecule has 0 radical (unpaired) electrons. The van der Waals surface area contributed by atoms with Crippen molar-refractivity contribution in [2.75, 3.05) is 0 Å². The average Bonchev–Trinajstić information content (AvgIpc) is 2.12. The quantitative estimate of drug-likeness (QED) is 0.564. The van der Waals surface area contributed by atoms with Crippen LogP contribution >= 0.6 is 0 Å². The lowest BCUT2D eigenvalue weighted by atomic mass is 10.1. The molecule has 1 rings (SSSR count). The molecular formula is C9H9F2N3O. The number of hydrogen-bond donors (Lipinski definition) is 2. The van der Waals surface area contributed by atoms with Crippen LogP contribution in [-0.2, 0) is 0 Å².